The van der Waals surface area contributed by atoms with E-state index in [9.17, 15) is 24.3 Å². The van der Waals surface area contributed by atoms with E-state index in [1.165, 1.54) is 0 Å². The van der Waals surface area contributed by atoms with Crippen molar-refractivity contribution < 1.29 is 29.4 Å². The maximum Gasteiger partial charge on any atom is 0.322 e. The van der Waals surface area contributed by atoms with Crippen molar-refractivity contribution in [1.29, 1.82) is 0 Å². The Balaban J connectivity index is 1.84. The molecule has 0 spiro atoms. The fourth-order valence-corrected chi connectivity index (χ4v) is 3.21. The van der Waals surface area contributed by atoms with Crippen LogP contribution in [0.15, 0.2) is 54.6 Å². The maximum absolute atomic E-state index is 12.7. The van der Waals surface area contributed by atoms with Gasteiger partial charge < -0.3 is 37.2 Å². The highest BCUT2D eigenvalue weighted by Crippen LogP contribution is 2.10. The molecule has 0 unspecified atom stereocenters. The first-order valence-corrected chi connectivity index (χ1v) is 11.1. The van der Waals surface area contributed by atoms with Crippen LogP contribution in [0.25, 0.3) is 0 Å². The fourth-order valence-electron chi connectivity index (χ4n) is 3.21. The van der Waals surface area contributed by atoms with Gasteiger partial charge in [0, 0.05) is 19.0 Å². The highest BCUT2D eigenvalue weighted by atomic mass is 16.4. The number of phenolic OH excluding ortho intramolecular Hbond substituents is 1. The van der Waals surface area contributed by atoms with Crippen molar-refractivity contribution in [3.63, 3.8) is 0 Å². The van der Waals surface area contributed by atoms with E-state index in [1.54, 1.807) is 24.3 Å². The minimum Gasteiger partial charge on any atom is -0.508 e. The number of aromatic hydroxyl groups is 1. The number of carboxylic acids is 1. The van der Waals surface area contributed by atoms with Crippen molar-refractivity contribution in [3.05, 3.63) is 65.7 Å². The van der Waals surface area contributed by atoms with Crippen LogP contribution in [0, 0.1) is 0 Å². The molecule has 2 aromatic carbocycles. The van der Waals surface area contributed by atoms with Crippen LogP contribution >= 0.6 is 0 Å². The molecule has 0 saturated carbocycles. The van der Waals surface area contributed by atoms with Gasteiger partial charge in [-0.3, -0.25) is 19.2 Å². The predicted octanol–water partition coefficient (Wildman–Crippen LogP) is -1.10. The average Bonchev–Trinajstić information content (AvgIpc) is 2.83. The Morgan fingerprint density at radius 1 is 0.800 bits per heavy atom. The molecule has 2 aromatic rings. The molecule has 2 atom stereocenters. The number of amides is 3. The van der Waals surface area contributed by atoms with E-state index in [2.05, 4.69) is 21.3 Å². The van der Waals surface area contributed by atoms with Gasteiger partial charge in [0.1, 0.15) is 18.3 Å². The van der Waals surface area contributed by atoms with E-state index in [1.807, 2.05) is 30.3 Å². The van der Waals surface area contributed by atoms with E-state index >= 15 is 0 Å². The number of aliphatic carboxylic acids is 1. The van der Waals surface area contributed by atoms with Crippen LogP contribution in [0.1, 0.15) is 11.1 Å². The van der Waals surface area contributed by atoms with Gasteiger partial charge in [-0.15, -0.1) is 0 Å². The Hall–Kier alpha value is -3.96. The van der Waals surface area contributed by atoms with Gasteiger partial charge in [-0.2, -0.15) is 0 Å². The van der Waals surface area contributed by atoms with Crippen molar-refractivity contribution in [2.45, 2.75) is 24.9 Å². The molecular weight excluding hydrogens is 454 g/mol. The van der Waals surface area contributed by atoms with Crippen LogP contribution in [-0.4, -0.2) is 72.2 Å². The average molecular weight is 486 g/mol. The zero-order valence-electron chi connectivity index (χ0n) is 19.2. The third-order valence-corrected chi connectivity index (χ3v) is 4.92. The Kier molecular flexibility index (Phi) is 11.2. The Morgan fingerprint density at radius 2 is 1.46 bits per heavy atom. The third-order valence-electron chi connectivity index (χ3n) is 4.92. The van der Waals surface area contributed by atoms with Crippen molar-refractivity contribution >= 4 is 23.7 Å². The van der Waals surface area contributed by atoms with Gasteiger partial charge in [0.05, 0.1) is 13.1 Å². The molecule has 0 aliphatic carbocycles. The maximum atomic E-state index is 12.7. The summed E-state index contributed by atoms with van der Waals surface area (Å²) in [7, 11) is 0. The first kappa shape index (κ1) is 27.3. The van der Waals surface area contributed by atoms with Crippen LogP contribution in [-0.2, 0) is 32.0 Å². The summed E-state index contributed by atoms with van der Waals surface area (Å²) in [5, 5.41) is 28.1. The third kappa shape index (κ3) is 11.1. The summed E-state index contributed by atoms with van der Waals surface area (Å²) in [5.41, 5.74) is 7.86. The van der Waals surface area contributed by atoms with Crippen LogP contribution < -0.4 is 27.0 Å². The number of nitrogens with one attached hydrogen (secondary N) is 4. The second-order valence-electron chi connectivity index (χ2n) is 7.96. The number of hydrogen-bond acceptors (Lipinski definition) is 7. The Labute approximate surface area is 203 Å². The molecule has 0 aliphatic heterocycles. The number of nitrogens with two attached hydrogens (primary N) is 1. The highest BCUT2D eigenvalue weighted by Gasteiger charge is 2.22. The van der Waals surface area contributed by atoms with E-state index in [4.69, 9.17) is 10.8 Å². The lowest BCUT2D eigenvalue weighted by molar-refractivity contribution is -0.138. The molecule has 35 heavy (non-hydrogen) atoms. The molecule has 0 heterocycles. The van der Waals surface area contributed by atoms with Crippen molar-refractivity contribution in [1.82, 2.24) is 21.3 Å². The van der Waals surface area contributed by atoms with E-state index in [0.717, 1.165) is 11.1 Å². The van der Waals surface area contributed by atoms with Gasteiger partial charge in [0.2, 0.25) is 17.7 Å². The van der Waals surface area contributed by atoms with Gasteiger partial charge in [-0.1, -0.05) is 42.5 Å². The lowest BCUT2D eigenvalue weighted by atomic mass is 10.1. The molecule has 0 aromatic heterocycles. The minimum absolute atomic E-state index is 0.0685. The molecule has 188 valence electrons. The second-order valence-corrected chi connectivity index (χ2v) is 7.96. The van der Waals surface area contributed by atoms with Gasteiger partial charge in [0.25, 0.3) is 0 Å². The van der Waals surface area contributed by atoms with Gasteiger partial charge in [-0.25, -0.2) is 0 Å². The Morgan fingerprint density at radius 3 is 2.11 bits per heavy atom. The molecule has 11 heteroatoms. The van der Waals surface area contributed by atoms with Crippen LogP contribution in [0.3, 0.4) is 0 Å². The largest absolute Gasteiger partial charge is 0.508 e. The smallest absolute Gasteiger partial charge is 0.322 e. The molecule has 0 radical (unpaired) electrons. The first-order valence-electron chi connectivity index (χ1n) is 11.1. The summed E-state index contributed by atoms with van der Waals surface area (Å²) < 4.78 is 0. The Bertz CT molecular complexity index is 984. The molecular formula is C24H31N5O6. The lowest BCUT2D eigenvalue weighted by Crippen LogP contribution is -2.52. The van der Waals surface area contributed by atoms with Crippen LogP contribution in [0.4, 0.5) is 0 Å². The highest BCUT2D eigenvalue weighted by molar-refractivity contribution is 5.91. The SMILES string of the molecule is N[C@H](CNCC(=O)N[C@@H](Cc1ccccc1)C(=O)NCC(=O)NCC(=O)O)Cc1ccc(O)cc1. The fraction of sp³-hybridized carbons (Fsp3) is 0.333. The van der Waals surface area contributed by atoms with Gasteiger partial charge in [0.15, 0.2) is 0 Å². The summed E-state index contributed by atoms with van der Waals surface area (Å²) in [4.78, 5) is 47.4. The summed E-state index contributed by atoms with van der Waals surface area (Å²) in [5.74, 6) is -2.68. The summed E-state index contributed by atoms with van der Waals surface area (Å²) in [6.45, 7) is -0.689. The zero-order chi connectivity index (χ0) is 25.6. The molecule has 0 fully saturated rings. The van der Waals surface area contributed by atoms with E-state index in [0.29, 0.717) is 13.0 Å². The molecule has 2 rings (SSSR count). The molecule has 8 N–H and O–H groups in total. The van der Waals surface area contributed by atoms with Crippen LogP contribution in [0.5, 0.6) is 5.75 Å². The number of carbonyl (C=O) groups is 4. The zero-order valence-corrected chi connectivity index (χ0v) is 19.2. The molecule has 0 bridgehead atoms. The number of benzene rings is 2. The molecule has 11 nitrogen and oxygen atoms in total. The van der Waals surface area contributed by atoms with E-state index in [-0.39, 0.29) is 24.8 Å². The predicted molar refractivity (Wildman–Crippen MR) is 128 cm³/mol. The van der Waals surface area contributed by atoms with Crippen molar-refractivity contribution in [2.24, 2.45) is 5.73 Å². The van der Waals surface area contributed by atoms with E-state index < -0.39 is 42.8 Å². The number of phenols is 1. The summed E-state index contributed by atoms with van der Waals surface area (Å²) in [6, 6.07) is 14.6. The monoisotopic (exact) mass is 485 g/mol. The summed E-state index contributed by atoms with van der Waals surface area (Å²) in [6.07, 6.45) is 0.757. The quantitative estimate of drug-likeness (QED) is 0.176. The molecule has 3 amide bonds. The van der Waals surface area contributed by atoms with Gasteiger partial charge in [-0.05, 0) is 29.7 Å². The van der Waals surface area contributed by atoms with Crippen LogP contribution in [0.2, 0.25) is 0 Å². The second kappa shape index (κ2) is 14.3. The van der Waals surface area contributed by atoms with Crippen molar-refractivity contribution in [2.75, 3.05) is 26.2 Å². The standard InChI is InChI=1S/C24H31N5O6/c25-18(10-17-6-8-19(30)9-7-17)12-26-13-22(32)29-20(11-16-4-2-1-3-5-16)24(35)28-14-21(31)27-15-23(33)34/h1-9,18,20,26,30H,10-15,25H2,(H,27,31)(H,28,35)(H,29,32)(H,33,34)/t18-,20-/m0/s1. The molecule has 0 aliphatic rings. The number of hydrogen-bond donors (Lipinski definition) is 7. The summed E-state index contributed by atoms with van der Waals surface area (Å²) >= 11 is 0. The first-order chi connectivity index (χ1) is 16.7. The lowest BCUT2D eigenvalue weighted by Gasteiger charge is -2.19. The minimum atomic E-state index is -1.20. The normalized spacial score (nSPS) is 12.3. The van der Waals surface area contributed by atoms with Gasteiger partial charge >= 0.3 is 5.97 Å². The number of carbonyl (C=O) groups excluding carboxylic acids is 3. The number of rotatable bonds is 14. The molecule has 0 saturated heterocycles. The topological polar surface area (TPSA) is 183 Å². The van der Waals surface area contributed by atoms with Crippen molar-refractivity contribution in [3.8, 4) is 5.75 Å². The number of carboxylic acid groups (broad SMARTS) is 1.